The molecule has 1 unspecified atom stereocenters. The summed E-state index contributed by atoms with van der Waals surface area (Å²) in [6.07, 6.45) is -0.461. The van der Waals surface area contributed by atoms with Crippen LogP contribution in [0.3, 0.4) is 0 Å². The van der Waals surface area contributed by atoms with Crippen LogP contribution in [-0.2, 0) is 6.42 Å². The molecule has 1 aliphatic rings. The monoisotopic (exact) mass is 336 g/mol. The van der Waals surface area contributed by atoms with Gasteiger partial charge in [-0.15, -0.1) is 0 Å². The van der Waals surface area contributed by atoms with E-state index in [0.29, 0.717) is 11.4 Å². The number of hydrogen-bond acceptors (Lipinski definition) is 3. The lowest BCUT2D eigenvalue weighted by Crippen LogP contribution is -2.47. The van der Waals surface area contributed by atoms with Gasteiger partial charge in [0.2, 0.25) is 5.88 Å². The van der Waals surface area contributed by atoms with Crippen molar-refractivity contribution in [1.82, 2.24) is 9.36 Å². The Labute approximate surface area is 145 Å². The molecule has 0 fully saturated rings. The van der Waals surface area contributed by atoms with Gasteiger partial charge in [-0.25, -0.2) is 9.36 Å². The SMILES string of the molecule is CC1(C)Oc2c(c(=O)n(-c3ccccc3)n2-c2ccccc2)CC1O. The summed E-state index contributed by atoms with van der Waals surface area (Å²) >= 11 is 0. The maximum Gasteiger partial charge on any atom is 0.279 e. The van der Waals surface area contributed by atoms with E-state index in [-0.39, 0.29) is 12.0 Å². The minimum atomic E-state index is -0.765. The zero-order valence-electron chi connectivity index (χ0n) is 14.2. The Balaban J connectivity index is 2.04. The van der Waals surface area contributed by atoms with E-state index in [9.17, 15) is 9.90 Å². The number of rotatable bonds is 2. The Kier molecular flexibility index (Phi) is 3.54. The standard InChI is InChI=1S/C20H20N2O3/c1-20(2)17(23)13-16-18(24)21(14-9-5-3-6-10-14)22(19(16)25-20)15-11-7-4-8-12-15/h3-12,17,23H,13H2,1-2H3. The molecule has 0 bridgehead atoms. The third kappa shape index (κ3) is 2.48. The molecule has 0 amide bonds. The van der Waals surface area contributed by atoms with E-state index in [2.05, 4.69) is 0 Å². The summed E-state index contributed by atoms with van der Waals surface area (Å²) in [6.45, 7) is 3.67. The highest BCUT2D eigenvalue weighted by Gasteiger charge is 2.40. The predicted octanol–water partition coefficient (Wildman–Crippen LogP) is 2.70. The van der Waals surface area contributed by atoms with E-state index < -0.39 is 11.7 Å². The molecule has 2 aromatic carbocycles. The van der Waals surface area contributed by atoms with Crippen LogP contribution in [0.15, 0.2) is 65.5 Å². The Morgan fingerprint density at radius 3 is 2.04 bits per heavy atom. The summed E-state index contributed by atoms with van der Waals surface area (Å²) in [4.78, 5) is 13.1. The van der Waals surface area contributed by atoms with Crippen LogP contribution in [0.25, 0.3) is 11.4 Å². The summed E-state index contributed by atoms with van der Waals surface area (Å²) < 4.78 is 9.49. The molecule has 0 radical (unpaired) electrons. The summed E-state index contributed by atoms with van der Waals surface area (Å²) in [6, 6.07) is 19.1. The Morgan fingerprint density at radius 2 is 1.48 bits per heavy atom. The van der Waals surface area contributed by atoms with Crippen molar-refractivity contribution < 1.29 is 9.84 Å². The number of benzene rings is 2. The second kappa shape index (κ2) is 5.63. The molecule has 1 atom stereocenters. The number of aromatic nitrogens is 2. The van der Waals surface area contributed by atoms with Gasteiger partial charge in [0, 0.05) is 6.42 Å². The fourth-order valence-electron chi connectivity index (χ4n) is 3.17. The van der Waals surface area contributed by atoms with Crippen LogP contribution in [0.4, 0.5) is 0 Å². The highest BCUT2D eigenvalue weighted by atomic mass is 16.5. The van der Waals surface area contributed by atoms with Gasteiger partial charge in [-0.3, -0.25) is 4.79 Å². The van der Waals surface area contributed by atoms with Gasteiger partial charge in [-0.05, 0) is 38.1 Å². The minimum Gasteiger partial charge on any atom is -0.469 e. The lowest BCUT2D eigenvalue weighted by Gasteiger charge is -2.35. The van der Waals surface area contributed by atoms with Crippen molar-refractivity contribution in [2.45, 2.75) is 32.0 Å². The third-order valence-corrected chi connectivity index (χ3v) is 4.66. The topological polar surface area (TPSA) is 56.4 Å². The fourth-order valence-corrected chi connectivity index (χ4v) is 3.17. The second-order valence-corrected chi connectivity index (χ2v) is 6.81. The third-order valence-electron chi connectivity index (χ3n) is 4.66. The van der Waals surface area contributed by atoms with Crippen molar-refractivity contribution in [3.8, 4) is 17.3 Å². The maximum atomic E-state index is 13.1. The number of aliphatic hydroxyl groups excluding tert-OH is 1. The molecule has 0 spiro atoms. The maximum absolute atomic E-state index is 13.1. The highest BCUT2D eigenvalue weighted by Crippen LogP contribution is 2.34. The van der Waals surface area contributed by atoms with Crippen molar-refractivity contribution in [3.63, 3.8) is 0 Å². The Hall–Kier alpha value is -2.79. The summed E-state index contributed by atoms with van der Waals surface area (Å²) in [5.41, 5.74) is 1.15. The molecule has 25 heavy (non-hydrogen) atoms. The van der Waals surface area contributed by atoms with Crippen molar-refractivity contribution in [2.24, 2.45) is 0 Å². The first-order chi connectivity index (χ1) is 12.0. The molecule has 1 aliphatic heterocycles. The van der Waals surface area contributed by atoms with Gasteiger partial charge in [0.25, 0.3) is 5.56 Å². The van der Waals surface area contributed by atoms with Crippen LogP contribution in [0, 0.1) is 0 Å². The van der Waals surface area contributed by atoms with Crippen LogP contribution in [0.5, 0.6) is 5.88 Å². The smallest absolute Gasteiger partial charge is 0.279 e. The fraction of sp³-hybridized carbons (Fsp3) is 0.250. The Morgan fingerprint density at radius 1 is 0.960 bits per heavy atom. The number of hydrogen-bond donors (Lipinski definition) is 1. The lowest BCUT2D eigenvalue weighted by molar-refractivity contribution is -0.0454. The van der Waals surface area contributed by atoms with E-state index >= 15 is 0 Å². The van der Waals surface area contributed by atoms with Gasteiger partial charge >= 0.3 is 0 Å². The zero-order chi connectivity index (χ0) is 17.6. The van der Waals surface area contributed by atoms with Crippen LogP contribution < -0.4 is 10.3 Å². The summed E-state index contributed by atoms with van der Waals surface area (Å²) in [5.74, 6) is 0.496. The number of aliphatic hydroxyl groups is 1. The van der Waals surface area contributed by atoms with Gasteiger partial charge in [0.15, 0.2) is 0 Å². The zero-order valence-corrected chi connectivity index (χ0v) is 14.2. The first-order valence-electron chi connectivity index (χ1n) is 8.34. The van der Waals surface area contributed by atoms with E-state index in [0.717, 1.165) is 11.4 Å². The minimum absolute atomic E-state index is 0.167. The first-order valence-corrected chi connectivity index (χ1v) is 8.34. The number of fused-ring (bicyclic) bond motifs is 1. The second-order valence-electron chi connectivity index (χ2n) is 6.81. The summed E-state index contributed by atoms with van der Waals surface area (Å²) in [5, 5.41) is 10.4. The highest BCUT2D eigenvalue weighted by molar-refractivity contribution is 5.45. The van der Waals surface area contributed by atoms with Crippen LogP contribution in [0.1, 0.15) is 19.4 Å². The normalized spacial score (nSPS) is 18.4. The molecule has 4 rings (SSSR count). The summed E-state index contributed by atoms with van der Waals surface area (Å²) in [7, 11) is 0. The van der Waals surface area contributed by atoms with Gasteiger partial charge in [-0.1, -0.05) is 36.4 Å². The van der Waals surface area contributed by atoms with E-state index in [4.69, 9.17) is 4.74 Å². The average molecular weight is 336 g/mol. The van der Waals surface area contributed by atoms with Crippen LogP contribution in [-0.4, -0.2) is 26.2 Å². The Bertz CT molecular complexity index is 956. The quantitative estimate of drug-likeness (QED) is 0.783. The van der Waals surface area contributed by atoms with Gasteiger partial charge in [-0.2, -0.15) is 0 Å². The van der Waals surface area contributed by atoms with Crippen LogP contribution >= 0.6 is 0 Å². The molecule has 0 saturated carbocycles. The van der Waals surface area contributed by atoms with Crippen molar-refractivity contribution in [3.05, 3.63) is 76.6 Å². The van der Waals surface area contributed by atoms with Gasteiger partial charge in [0.05, 0.1) is 23.0 Å². The lowest BCUT2D eigenvalue weighted by atomic mass is 9.93. The number of nitrogens with zero attached hydrogens (tertiary/aromatic N) is 2. The molecule has 3 aromatic rings. The molecule has 5 nitrogen and oxygen atoms in total. The number of para-hydroxylation sites is 2. The molecular formula is C20H20N2O3. The van der Waals surface area contributed by atoms with E-state index in [1.807, 2.05) is 74.5 Å². The molecule has 128 valence electrons. The molecule has 1 aromatic heterocycles. The average Bonchev–Trinajstić information content (AvgIpc) is 2.88. The molecule has 1 N–H and O–H groups in total. The molecule has 2 heterocycles. The molecule has 0 aliphatic carbocycles. The molecular weight excluding hydrogens is 316 g/mol. The van der Waals surface area contributed by atoms with E-state index in [1.165, 1.54) is 0 Å². The first kappa shape index (κ1) is 15.7. The van der Waals surface area contributed by atoms with Gasteiger partial charge in [0.1, 0.15) is 5.60 Å². The molecule has 5 heteroatoms. The van der Waals surface area contributed by atoms with Crippen LogP contribution in [0.2, 0.25) is 0 Å². The van der Waals surface area contributed by atoms with Crippen molar-refractivity contribution in [2.75, 3.05) is 0 Å². The van der Waals surface area contributed by atoms with Crippen molar-refractivity contribution >= 4 is 0 Å². The molecule has 0 saturated heterocycles. The predicted molar refractivity (Wildman–Crippen MR) is 95.8 cm³/mol. The van der Waals surface area contributed by atoms with Crippen molar-refractivity contribution in [1.29, 1.82) is 0 Å². The van der Waals surface area contributed by atoms with E-state index in [1.54, 1.807) is 9.36 Å². The number of ether oxygens (including phenoxy) is 1. The largest absolute Gasteiger partial charge is 0.469 e. The van der Waals surface area contributed by atoms with Gasteiger partial charge < -0.3 is 9.84 Å².